The van der Waals surface area contributed by atoms with Crippen molar-refractivity contribution >= 4 is 17.5 Å². The van der Waals surface area contributed by atoms with E-state index in [1.807, 2.05) is 19.2 Å². The maximum absolute atomic E-state index is 5.42. The van der Waals surface area contributed by atoms with Gasteiger partial charge in [0.1, 0.15) is 23.8 Å². The predicted octanol–water partition coefficient (Wildman–Crippen LogP) is 1.49. The van der Waals surface area contributed by atoms with Crippen LogP contribution in [0.5, 0.6) is 0 Å². The summed E-state index contributed by atoms with van der Waals surface area (Å²) in [5.74, 6) is 2.79. The highest BCUT2D eigenvalue weighted by Crippen LogP contribution is 2.21. The number of ether oxygens (including phenoxy) is 1. The van der Waals surface area contributed by atoms with Gasteiger partial charge in [0.25, 0.3) is 0 Å². The largest absolute Gasteiger partial charge is 0.378 e. The fraction of sp³-hybridized carbons (Fsp3) is 0.556. The molecule has 4 heterocycles. The fourth-order valence-corrected chi connectivity index (χ4v) is 3.51. The van der Waals surface area contributed by atoms with Crippen molar-refractivity contribution < 1.29 is 4.74 Å². The molecule has 2 fully saturated rings. The van der Waals surface area contributed by atoms with Crippen molar-refractivity contribution in [1.82, 2.24) is 19.9 Å². The molecule has 0 unspecified atom stereocenters. The second kappa shape index (κ2) is 7.82. The molecule has 4 rings (SSSR count). The number of morpholine rings is 1. The number of hydrogen-bond acceptors (Lipinski definition) is 8. The number of anilines is 3. The van der Waals surface area contributed by atoms with Crippen molar-refractivity contribution in [3.63, 3.8) is 0 Å². The fourth-order valence-electron chi connectivity index (χ4n) is 3.51. The van der Waals surface area contributed by atoms with Gasteiger partial charge in [-0.3, -0.25) is 4.98 Å². The summed E-state index contributed by atoms with van der Waals surface area (Å²) in [5, 5.41) is 3.58. The van der Waals surface area contributed by atoms with E-state index in [0.29, 0.717) is 6.04 Å². The molecule has 2 aliphatic rings. The minimum Gasteiger partial charge on any atom is -0.378 e. The van der Waals surface area contributed by atoms with E-state index in [1.165, 1.54) is 0 Å². The quantitative estimate of drug-likeness (QED) is 0.884. The lowest BCUT2D eigenvalue weighted by Gasteiger charge is -2.34. The first-order chi connectivity index (χ1) is 12.8. The summed E-state index contributed by atoms with van der Waals surface area (Å²) in [7, 11) is 0. The molecule has 8 heteroatoms. The smallest absolute Gasteiger partial charge is 0.147 e. The molecule has 8 nitrogen and oxygen atoms in total. The topological polar surface area (TPSA) is 79.3 Å². The van der Waals surface area contributed by atoms with Crippen LogP contribution in [0, 0.1) is 6.92 Å². The second-order valence-electron chi connectivity index (χ2n) is 6.81. The molecule has 0 amide bonds. The monoisotopic (exact) mass is 355 g/mol. The third-order valence-corrected chi connectivity index (χ3v) is 4.83. The Bertz CT molecular complexity index is 735. The summed E-state index contributed by atoms with van der Waals surface area (Å²) in [6.07, 6.45) is 7.51. The highest BCUT2D eigenvalue weighted by molar-refractivity contribution is 5.49. The Morgan fingerprint density at radius 2 is 1.96 bits per heavy atom. The van der Waals surface area contributed by atoms with Gasteiger partial charge in [0.15, 0.2) is 0 Å². The number of piperidine rings is 1. The summed E-state index contributed by atoms with van der Waals surface area (Å²) in [5.41, 5.74) is 0.948. The first-order valence-electron chi connectivity index (χ1n) is 9.23. The number of hydrogen-bond donors (Lipinski definition) is 1. The second-order valence-corrected chi connectivity index (χ2v) is 6.81. The van der Waals surface area contributed by atoms with E-state index in [2.05, 4.69) is 35.1 Å². The molecule has 0 spiro atoms. The van der Waals surface area contributed by atoms with E-state index in [-0.39, 0.29) is 0 Å². The summed E-state index contributed by atoms with van der Waals surface area (Å²) < 4.78 is 5.42. The molecular weight excluding hydrogens is 330 g/mol. The molecular formula is C18H25N7O. The van der Waals surface area contributed by atoms with Crippen LogP contribution in [-0.4, -0.2) is 65.4 Å². The molecule has 0 saturated carbocycles. The number of aromatic nitrogens is 4. The lowest BCUT2D eigenvalue weighted by molar-refractivity contribution is 0.122. The average Bonchev–Trinajstić information content (AvgIpc) is 2.69. The zero-order valence-electron chi connectivity index (χ0n) is 15.1. The van der Waals surface area contributed by atoms with Crippen LogP contribution in [0.15, 0.2) is 24.8 Å². The van der Waals surface area contributed by atoms with Crippen molar-refractivity contribution in [1.29, 1.82) is 0 Å². The van der Waals surface area contributed by atoms with E-state index in [0.717, 1.165) is 75.4 Å². The van der Waals surface area contributed by atoms with E-state index >= 15 is 0 Å². The van der Waals surface area contributed by atoms with Gasteiger partial charge in [0.05, 0.1) is 25.1 Å². The molecule has 0 radical (unpaired) electrons. The Kier molecular flexibility index (Phi) is 5.10. The van der Waals surface area contributed by atoms with Gasteiger partial charge in [-0.25, -0.2) is 15.0 Å². The SMILES string of the molecule is Cc1cncc(N2CCC[C@@H](Nc3cc(N4CCOCC4)ncn3)C2)n1. The van der Waals surface area contributed by atoms with Gasteiger partial charge in [-0.2, -0.15) is 0 Å². The van der Waals surface area contributed by atoms with E-state index in [1.54, 1.807) is 12.5 Å². The minimum atomic E-state index is 0.332. The minimum absolute atomic E-state index is 0.332. The molecule has 0 aromatic carbocycles. The molecule has 1 N–H and O–H groups in total. The van der Waals surface area contributed by atoms with Crippen molar-refractivity contribution in [2.75, 3.05) is 54.5 Å². The van der Waals surface area contributed by atoms with Crippen molar-refractivity contribution in [3.05, 3.63) is 30.5 Å². The number of nitrogens with zero attached hydrogens (tertiary/aromatic N) is 6. The summed E-state index contributed by atoms with van der Waals surface area (Å²) in [4.78, 5) is 22.2. The number of nitrogens with one attached hydrogen (secondary N) is 1. The first-order valence-corrected chi connectivity index (χ1v) is 9.23. The Morgan fingerprint density at radius 3 is 2.81 bits per heavy atom. The van der Waals surface area contributed by atoms with Crippen molar-refractivity contribution in [2.45, 2.75) is 25.8 Å². The van der Waals surface area contributed by atoms with Gasteiger partial charge in [-0.05, 0) is 19.8 Å². The van der Waals surface area contributed by atoms with Crippen molar-refractivity contribution in [3.8, 4) is 0 Å². The number of rotatable bonds is 4. The van der Waals surface area contributed by atoms with E-state index in [9.17, 15) is 0 Å². The lowest BCUT2D eigenvalue weighted by Crippen LogP contribution is -2.43. The van der Waals surface area contributed by atoms with Crippen LogP contribution in [0.1, 0.15) is 18.5 Å². The molecule has 0 bridgehead atoms. The molecule has 2 saturated heterocycles. The summed E-state index contributed by atoms with van der Waals surface area (Å²) >= 11 is 0. The third kappa shape index (κ3) is 4.01. The number of aryl methyl sites for hydroxylation is 1. The van der Waals surface area contributed by atoms with Gasteiger partial charge in [-0.1, -0.05) is 0 Å². The molecule has 0 aliphatic carbocycles. The van der Waals surface area contributed by atoms with Gasteiger partial charge in [0, 0.05) is 44.5 Å². The predicted molar refractivity (Wildman–Crippen MR) is 101 cm³/mol. The Hall–Kier alpha value is -2.48. The highest BCUT2D eigenvalue weighted by atomic mass is 16.5. The summed E-state index contributed by atoms with van der Waals surface area (Å²) in [6.45, 7) is 7.14. The molecule has 2 aromatic rings. The first kappa shape index (κ1) is 17.0. The zero-order valence-corrected chi connectivity index (χ0v) is 15.1. The van der Waals surface area contributed by atoms with Crippen LogP contribution in [0.3, 0.4) is 0 Å². The maximum Gasteiger partial charge on any atom is 0.147 e. The van der Waals surface area contributed by atoms with Crippen LogP contribution in [0.2, 0.25) is 0 Å². The van der Waals surface area contributed by atoms with Crippen LogP contribution in [-0.2, 0) is 4.74 Å². The van der Waals surface area contributed by atoms with Crippen LogP contribution < -0.4 is 15.1 Å². The summed E-state index contributed by atoms with van der Waals surface area (Å²) in [6, 6.07) is 2.37. The molecule has 2 aliphatic heterocycles. The van der Waals surface area contributed by atoms with Crippen LogP contribution >= 0.6 is 0 Å². The van der Waals surface area contributed by atoms with E-state index in [4.69, 9.17) is 4.74 Å². The normalized spacial score (nSPS) is 20.9. The Balaban J connectivity index is 1.42. The highest BCUT2D eigenvalue weighted by Gasteiger charge is 2.22. The molecule has 26 heavy (non-hydrogen) atoms. The van der Waals surface area contributed by atoms with Crippen molar-refractivity contribution in [2.24, 2.45) is 0 Å². The average molecular weight is 355 g/mol. The lowest BCUT2D eigenvalue weighted by atomic mass is 10.1. The van der Waals surface area contributed by atoms with Gasteiger partial charge < -0.3 is 19.9 Å². The van der Waals surface area contributed by atoms with Crippen LogP contribution in [0.4, 0.5) is 17.5 Å². The molecule has 2 aromatic heterocycles. The van der Waals surface area contributed by atoms with Gasteiger partial charge in [-0.15, -0.1) is 0 Å². The van der Waals surface area contributed by atoms with Gasteiger partial charge in [0.2, 0.25) is 0 Å². The third-order valence-electron chi connectivity index (χ3n) is 4.83. The van der Waals surface area contributed by atoms with Gasteiger partial charge >= 0.3 is 0 Å². The maximum atomic E-state index is 5.42. The molecule has 1 atom stereocenters. The standard InChI is InChI=1S/C18H25N7O/c1-14-10-19-11-18(22-14)25-4-2-3-15(12-25)23-16-9-17(21-13-20-16)24-5-7-26-8-6-24/h9-11,13,15H,2-8,12H2,1H3,(H,20,21,23)/t15-/m1/s1. The Morgan fingerprint density at radius 1 is 1.08 bits per heavy atom. The Labute approximate surface area is 153 Å². The molecule has 138 valence electrons. The van der Waals surface area contributed by atoms with E-state index < -0.39 is 0 Å². The zero-order chi connectivity index (χ0) is 17.8. The van der Waals surface area contributed by atoms with Crippen LogP contribution in [0.25, 0.3) is 0 Å².